The van der Waals surface area contributed by atoms with Crippen LogP contribution >= 0.6 is 0 Å². The van der Waals surface area contributed by atoms with E-state index in [1.54, 1.807) is 11.8 Å². The normalized spacial score (nSPS) is 18.5. The predicted octanol–water partition coefficient (Wildman–Crippen LogP) is 4.26. The Labute approximate surface area is 176 Å². The first-order chi connectivity index (χ1) is 14.6. The van der Waals surface area contributed by atoms with Gasteiger partial charge >= 0.3 is 5.97 Å². The molecule has 2 aromatic carbocycles. The van der Waals surface area contributed by atoms with E-state index in [0.29, 0.717) is 12.5 Å². The number of amides is 1. The highest BCUT2D eigenvalue weighted by Crippen LogP contribution is 2.41. The largest absolute Gasteiger partial charge is 0.465 e. The summed E-state index contributed by atoms with van der Waals surface area (Å²) in [7, 11) is 0. The molecule has 6 heteroatoms. The molecule has 6 nitrogen and oxygen atoms in total. The van der Waals surface area contributed by atoms with E-state index in [1.807, 2.05) is 60.0 Å². The third-order valence-corrected chi connectivity index (χ3v) is 5.60. The van der Waals surface area contributed by atoms with Crippen LogP contribution in [0.1, 0.15) is 43.9 Å². The summed E-state index contributed by atoms with van der Waals surface area (Å²) in [4.78, 5) is 33.1. The molecule has 0 fully saturated rings. The summed E-state index contributed by atoms with van der Waals surface area (Å²) in [6.07, 6.45) is 1.77. The molecule has 0 aliphatic carbocycles. The molecule has 0 N–H and O–H groups in total. The summed E-state index contributed by atoms with van der Waals surface area (Å²) in [6.45, 7) is 6.61. The third-order valence-electron chi connectivity index (χ3n) is 5.60. The van der Waals surface area contributed by atoms with Gasteiger partial charge in [-0.15, -0.1) is 0 Å². The summed E-state index contributed by atoms with van der Waals surface area (Å²) in [5.41, 5.74) is 3.69. The lowest BCUT2D eigenvalue weighted by molar-refractivity contribution is -0.153. The molecule has 1 aliphatic heterocycles. The van der Waals surface area contributed by atoms with E-state index < -0.39 is 17.9 Å². The van der Waals surface area contributed by atoms with Crippen LogP contribution in [0.3, 0.4) is 0 Å². The average molecular weight is 405 g/mol. The van der Waals surface area contributed by atoms with Crippen molar-refractivity contribution in [3.63, 3.8) is 0 Å². The van der Waals surface area contributed by atoms with Crippen LogP contribution in [0.5, 0.6) is 0 Å². The van der Waals surface area contributed by atoms with Gasteiger partial charge < -0.3 is 9.30 Å². The number of hydrogen-bond donors (Lipinski definition) is 0. The molecule has 0 unspecified atom stereocenters. The molecule has 0 saturated heterocycles. The Kier molecular flexibility index (Phi) is 5.57. The van der Waals surface area contributed by atoms with Crippen LogP contribution in [0, 0.1) is 12.8 Å². The fourth-order valence-corrected chi connectivity index (χ4v) is 4.23. The standard InChI is InChI=1S/C24H27N3O3/c1-4-6-14-26-22(28)20(23(29)30-5-2)21(17-11-9-10-16(3)15-17)27-19-13-8-7-12-18(19)25-24(26)27/h7-13,15,20-21H,4-6,14H2,1-3H3/t20-,21+/m1/s1. The molecular formula is C24H27N3O3. The number of imidazole rings is 1. The zero-order chi connectivity index (χ0) is 21.3. The van der Waals surface area contributed by atoms with Crippen molar-refractivity contribution in [1.29, 1.82) is 0 Å². The van der Waals surface area contributed by atoms with Crippen molar-refractivity contribution in [3.8, 4) is 0 Å². The number of ether oxygens (including phenoxy) is 1. The SMILES string of the molecule is CCCCN1C(=O)[C@H](C(=O)OCC)[C@H](c2cccc(C)c2)n2c1nc1ccccc12. The highest BCUT2D eigenvalue weighted by Gasteiger charge is 2.47. The summed E-state index contributed by atoms with van der Waals surface area (Å²) in [5.74, 6) is -1.08. The van der Waals surface area contributed by atoms with E-state index in [0.717, 1.165) is 35.0 Å². The fourth-order valence-electron chi connectivity index (χ4n) is 4.23. The summed E-state index contributed by atoms with van der Waals surface area (Å²) in [5, 5.41) is 0. The van der Waals surface area contributed by atoms with Gasteiger partial charge in [0.2, 0.25) is 11.9 Å². The van der Waals surface area contributed by atoms with E-state index in [1.165, 1.54) is 0 Å². The van der Waals surface area contributed by atoms with Gasteiger partial charge in [-0.1, -0.05) is 55.3 Å². The van der Waals surface area contributed by atoms with Crippen LogP contribution in [-0.4, -0.2) is 34.6 Å². The molecule has 30 heavy (non-hydrogen) atoms. The molecule has 1 amide bonds. The number of nitrogens with zero attached hydrogens (tertiary/aromatic N) is 3. The molecule has 1 aromatic heterocycles. The maximum Gasteiger partial charge on any atom is 0.321 e. The molecule has 1 aliphatic rings. The van der Waals surface area contributed by atoms with Crippen LogP contribution in [0.25, 0.3) is 11.0 Å². The van der Waals surface area contributed by atoms with Crippen LogP contribution in [0.15, 0.2) is 48.5 Å². The number of hydrogen-bond acceptors (Lipinski definition) is 4. The molecule has 4 rings (SSSR count). The average Bonchev–Trinajstić information content (AvgIpc) is 3.11. The highest BCUT2D eigenvalue weighted by atomic mass is 16.5. The Hall–Kier alpha value is -3.15. The van der Waals surface area contributed by atoms with E-state index >= 15 is 0 Å². The van der Waals surface area contributed by atoms with Gasteiger partial charge in [-0.05, 0) is 38.0 Å². The van der Waals surface area contributed by atoms with Gasteiger partial charge in [0.25, 0.3) is 0 Å². The fraction of sp³-hybridized carbons (Fsp3) is 0.375. The topological polar surface area (TPSA) is 64.4 Å². The van der Waals surface area contributed by atoms with Gasteiger partial charge in [-0.25, -0.2) is 4.98 Å². The quantitative estimate of drug-likeness (QED) is 0.454. The number of rotatable bonds is 6. The van der Waals surface area contributed by atoms with Gasteiger partial charge in [-0.3, -0.25) is 14.5 Å². The minimum Gasteiger partial charge on any atom is -0.465 e. The number of anilines is 1. The number of aromatic nitrogens is 2. The van der Waals surface area contributed by atoms with Gasteiger partial charge in [-0.2, -0.15) is 0 Å². The van der Waals surface area contributed by atoms with Crippen LogP contribution < -0.4 is 4.90 Å². The lowest BCUT2D eigenvalue weighted by atomic mass is 9.88. The van der Waals surface area contributed by atoms with E-state index in [2.05, 4.69) is 6.92 Å². The second-order valence-corrected chi connectivity index (χ2v) is 7.70. The summed E-state index contributed by atoms with van der Waals surface area (Å²) in [6, 6.07) is 15.3. The first-order valence-electron chi connectivity index (χ1n) is 10.6. The van der Waals surface area contributed by atoms with Crippen LogP contribution in [-0.2, 0) is 14.3 Å². The number of carbonyl (C=O) groups is 2. The van der Waals surface area contributed by atoms with Crippen molar-refractivity contribution in [2.75, 3.05) is 18.1 Å². The molecule has 156 valence electrons. The van der Waals surface area contributed by atoms with Gasteiger partial charge in [0.05, 0.1) is 23.7 Å². The maximum absolute atomic E-state index is 13.6. The monoisotopic (exact) mass is 405 g/mol. The molecule has 3 aromatic rings. The van der Waals surface area contributed by atoms with Crippen molar-refractivity contribution in [2.24, 2.45) is 5.92 Å². The second-order valence-electron chi connectivity index (χ2n) is 7.70. The number of aryl methyl sites for hydroxylation is 1. The molecule has 0 bridgehead atoms. The number of carbonyl (C=O) groups excluding carboxylic acids is 2. The number of benzene rings is 2. The zero-order valence-corrected chi connectivity index (χ0v) is 17.7. The van der Waals surface area contributed by atoms with Gasteiger partial charge in [0.15, 0.2) is 5.92 Å². The Morgan fingerprint density at radius 2 is 1.93 bits per heavy atom. The van der Waals surface area contributed by atoms with Crippen molar-refractivity contribution in [2.45, 2.75) is 39.7 Å². The van der Waals surface area contributed by atoms with Crippen molar-refractivity contribution < 1.29 is 14.3 Å². The van der Waals surface area contributed by atoms with Gasteiger partial charge in [0.1, 0.15) is 0 Å². The molecular weight excluding hydrogens is 378 g/mol. The minimum absolute atomic E-state index is 0.232. The smallest absolute Gasteiger partial charge is 0.321 e. The van der Waals surface area contributed by atoms with E-state index in [9.17, 15) is 9.59 Å². The Bertz CT molecular complexity index is 1090. The number of fused-ring (bicyclic) bond motifs is 3. The lowest BCUT2D eigenvalue weighted by Crippen LogP contribution is -2.50. The first kappa shape index (κ1) is 20.1. The Morgan fingerprint density at radius 1 is 1.13 bits per heavy atom. The molecule has 0 radical (unpaired) electrons. The van der Waals surface area contributed by atoms with E-state index in [-0.39, 0.29) is 12.5 Å². The van der Waals surface area contributed by atoms with Gasteiger partial charge in [0, 0.05) is 6.54 Å². The summed E-state index contributed by atoms with van der Waals surface area (Å²) >= 11 is 0. The third kappa shape index (κ3) is 3.36. The first-order valence-corrected chi connectivity index (χ1v) is 10.6. The minimum atomic E-state index is -0.950. The molecule has 0 spiro atoms. The Balaban J connectivity index is 1.98. The Morgan fingerprint density at radius 3 is 2.67 bits per heavy atom. The maximum atomic E-state index is 13.6. The van der Waals surface area contributed by atoms with E-state index in [4.69, 9.17) is 9.72 Å². The van der Waals surface area contributed by atoms with Crippen molar-refractivity contribution in [3.05, 3.63) is 59.7 Å². The summed E-state index contributed by atoms with van der Waals surface area (Å²) < 4.78 is 7.41. The van der Waals surface area contributed by atoms with Crippen LogP contribution in [0.4, 0.5) is 5.95 Å². The number of esters is 1. The van der Waals surface area contributed by atoms with Crippen molar-refractivity contribution in [1.82, 2.24) is 9.55 Å². The molecule has 0 saturated carbocycles. The second kappa shape index (κ2) is 8.30. The molecule has 2 atom stereocenters. The number of para-hydroxylation sites is 2. The lowest BCUT2D eigenvalue weighted by Gasteiger charge is -2.38. The molecule has 2 heterocycles. The predicted molar refractivity (Wildman–Crippen MR) is 116 cm³/mol. The van der Waals surface area contributed by atoms with Crippen molar-refractivity contribution >= 4 is 28.9 Å². The number of unbranched alkanes of at least 4 members (excludes halogenated alkanes) is 1. The zero-order valence-electron chi connectivity index (χ0n) is 17.7. The highest BCUT2D eigenvalue weighted by molar-refractivity contribution is 6.08. The van der Waals surface area contributed by atoms with Crippen LogP contribution in [0.2, 0.25) is 0 Å².